The highest BCUT2D eigenvalue weighted by Gasteiger charge is 2.35. The minimum absolute atomic E-state index is 0.0445. The minimum Gasteiger partial charge on any atom is -0.399 e. The zero-order chi connectivity index (χ0) is 25.7. The van der Waals surface area contributed by atoms with E-state index in [1.54, 1.807) is 17.9 Å². The largest absolute Gasteiger partial charge is 0.416 e. The lowest BCUT2D eigenvalue weighted by Gasteiger charge is -2.34. The molecule has 35 heavy (non-hydrogen) atoms. The minimum atomic E-state index is -4.61. The van der Waals surface area contributed by atoms with Crippen molar-refractivity contribution >= 4 is 22.4 Å². The highest BCUT2D eigenvalue weighted by molar-refractivity contribution is 5.84. The van der Waals surface area contributed by atoms with E-state index in [0.717, 1.165) is 12.1 Å². The molecule has 0 spiro atoms. The van der Waals surface area contributed by atoms with E-state index in [1.165, 1.54) is 23.8 Å². The summed E-state index contributed by atoms with van der Waals surface area (Å²) in [6.45, 7) is 5.44. The van der Waals surface area contributed by atoms with Gasteiger partial charge < -0.3 is 10.6 Å². The molecule has 3 heterocycles. The van der Waals surface area contributed by atoms with Crippen LogP contribution in [0.15, 0.2) is 41.7 Å². The van der Waals surface area contributed by atoms with Crippen molar-refractivity contribution in [2.75, 3.05) is 23.7 Å². The van der Waals surface area contributed by atoms with Gasteiger partial charge in [-0.05, 0) is 36.8 Å². The Morgan fingerprint density at radius 3 is 2.40 bits per heavy atom. The highest BCUT2D eigenvalue weighted by atomic mass is 19.4. The number of aromatic nitrogens is 3. The van der Waals surface area contributed by atoms with Gasteiger partial charge in [-0.15, -0.1) is 6.58 Å². The topological polar surface area (TPSA) is 77.0 Å². The van der Waals surface area contributed by atoms with Gasteiger partial charge in [0.1, 0.15) is 17.2 Å². The van der Waals surface area contributed by atoms with Crippen LogP contribution in [-0.4, -0.2) is 33.5 Å². The van der Waals surface area contributed by atoms with Crippen molar-refractivity contribution in [2.24, 2.45) is 7.05 Å². The maximum atomic E-state index is 13.7. The Bertz CT molecular complexity index is 1360. The standard InChI is InChI=1S/C24H24F5N5O/c1-4-17(14-9-15(24(27,28)29)11-16(30)10-14)20-18-12-19(34-7-5-23(25,26)6-8-34)33(3)22(35)21(18)32-13(2)31-20/h4,9-12,17H,1,5-8,30H2,2-3H3. The number of allylic oxidation sites excluding steroid dienone is 1. The SMILES string of the molecule is C=CC(c1cc(N)cc(C(F)(F)F)c1)c1nc(C)nc2c(=O)n(C)c(N3CCC(F)(F)CC3)cc12. The maximum absolute atomic E-state index is 13.7. The van der Waals surface area contributed by atoms with Gasteiger partial charge in [0, 0.05) is 50.0 Å². The van der Waals surface area contributed by atoms with E-state index in [4.69, 9.17) is 5.73 Å². The lowest BCUT2D eigenvalue weighted by Crippen LogP contribution is -2.41. The molecule has 1 aliphatic heterocycles. The van der Waals surface area contributed by atoms with Crippen molar-refractivity contribution in [3.05, 3.63) is 69.9 Å². The molecule has 6 nitrogen and oxygen atoms in total. The maximum Gasteiger partial charge on any atom is 0.416 e. The zero-order valence-electron chi connectivity index (χ0n) is 19.2. The second-order valence-corrected chi connectivity index (χ2v) is 8.73. The second kappa shape index (κ2) is 8.62. The van der Waals surface area contributed by atoms with E-state index >= 15 is 0 Å². The van der Waals surface area contributed by atoms with Crippen LogP contribution in [0, 0.1) is 6.92 Å². The van der Waals surface area contributed by atoms with E-state index in [2.05, 4.69) is 16.5 Å². The van der Waals surface area contributed by atoms with Crippen LogP contribution in [-0.2, 0) is 13.2 Å². The first-order valence-corrected chi connectivity index (χ1v) is 10.9. The summed E-state index contributed by atoms with van der Waals surface area (Å²) in [6.07, 6.45) is -3.89. The Kier molecular flexibility index (Phi) is 6.06. The summed E-state index contributed by atoms with van der Waals surface area (Å²) < 4.78 is 69.1. The van der Waals surface area contributed by atoms with Gasteiger partial charge in [-0.2, -0.15) is 13.2 Å². The molecule has 0 radical (unpaired) electrons. The summed E-state index contributed by atoms with van der Waals surface area (Å²) in [5.41, 5.74) is 4.86. The molecular formula is C24H24F5N5O. The number of aryl methyl sites for hydroxylation is 1. The van der Waals surface area contributed by atoms with E-state index in [9.17, 15) is 26.7 Å². The van der Waals surface area contributed by atoms with E-state index in [1.807, 2.05) is 0 Å². The summed E-state index contributed by atoms with van der Waals surface area (Å²) in [5, 5.41) is 0.312. The van der Waals surface area contributed by atoms with Gasteiger partial charge in [-0.25, -0.2) is 18.7 Å². The molecule has 2 aromatic heterocycles. The van der Waals surface area contributed by atoms with Crippen LogP contribution in [0.1, 0.15) is 41.4 Å². The van der Waals surface area contributed by atoms with Crippen molar-refractivity contribution in [1.29, 1.82) is 0 Å². The summed E-state index contributed by atoms with van der Waals surface area (Å²) in [6, 6.07) is 4.84. The second-order valence-electron chi connectivity index (χ2n) is 8.73. The van der Waals surface area contributed by atoms with Gasteiger partial charge in [0.25, 0.3) is 11.5 Å². The third kappa shape index (κ3) is 4.71. The van der Waals surface area contributed by atoms with Gasteiger partial charge in [-0.1, -0.05) is 6.08 Å². The van der Waals surface area contributed by atoms with Crippen molar-refractivity contribution in [3.8, 4) is 0 Å². The molecule has 1 aromatic carbocycles. The molecule has 1 saturated heterocycles. The zero-order valence-corrected chi connectivity index (χ0v) is 19.2. The normalized spacial score (nSPS) is 16.9. The summed E-state index contributed by atoms with van der Waals surface area (Å²) in [5.74, 6) is -2.95. The number of benzene rings is 1. The molecular weight excluding hydrogens is 469 g/mol. The predicted molar refractivity (Wildman–Crippen MR) is 124 cm³/mol. The molecule has 0 saturated carbocycles. The molecule has 1 atom stereocenters. The number of nitrogens with two attached hydrogens (primary N) is 1. The van der Waals surface area contributed by atoms with E-state index < -0.39 is 29.1 Å². The number of rotatable bonds is 4. The van der Waals surface area contributed by atoms with Crippen LogP contribution in [0.2, 0.25) is 0 Å². The number of hydrogen-bond donors (Lipinski definition) is 1. The van der Waals surface area contributed by atoms with Gasteiger partial charge in [0.05, 0.1) is 11.3 Å². The van der Waals surface area contributed by atoms with E-state index in [0.29, 0.717) is 11.2 Å². The van der Waals surface area contributed by atoms with Crippen molar-refractivity contribution in [3.63, 3.8) is 0 Å². The van der Waals surface area contributed by atoms with Crippen molar-refractivity contribution in [1.82, 2.24) is 14.5 Å². The molecule has 11 heteroatoms. The van der Waals surface area contributed by atoms with Crippen molar-refractivity contribution < 1.29 is 22.0 Å². The van der Waals surface area contributed by atoms with Crippen LogP contribution < -0.4 is 16.2 Å². The monoisotopic (exact) mass is 493 g/mol. The average molecular weight is 493 g/mol. The highest BCUT2D eigenvalue weighted by Crippen LogP contribution is 2.37. The summed E-state index contributed by atoms with van der Waals surface area (Å²) in [4.78, 5) is 23.6. The molecule has 0 aliphatic carbocycles. The Morgan fingerprint density at radius 1 is 1.14 bits per heavy atom. The molecule has 4 rings (SSSR count). The van der Waals surface area contributed by atoms with Crippen LogP contribution in [0.3, 0.4) is 0 Å². The van der Waals surface area contributed by atoms with E-state index in [-0.39, 0.29) is 54.2 Å². The van der Waals surface area contributed by atoms with Gasteiger partial charge in [0.15, 0.2) is 0 Å². The number of fused-ring (bicyclic) bond motifs is 1. The fraction of sp³-hybridized carbons (Fsp3) is 0.375. The van der Waals surface area contributed by atoms with Crippen LogP contribution in [0.5, 0.6) is 0 Å². The van der Waals surface area contributed by atoms with Gasteiger partial charge in [-0.3, -0.25) is 9.36 Å². The molecule has 0 amide bonds. The average Bonchev–Trinajstić information content (AvgIpc) is 2.76. The third-order valence-corrected chi connectivity index (χ3v) is 6.22. The molecule has 1 unspecified atom stereocenters. The Morgan fingerprint density at radius 2 is 1.80 bits per heavy atom. The number of alkyl halides is 5. The smallest absolute Gasteiger partial charge is 0.399 e. The first-order valence-electron chi connectivity index (χ1n) is 10.9. The Hall–Kier alpha value is -3.50. The fourth-order valence-electron chi connectivity index (χ4n) is 4.43. The van der Waals surface area contributed by atoms with Crippen LogP contribution in [0.4, 0.5) is 33.5 Å². The van der Waals surface area contributed by atoms with Crippen LogP contribution >= 0.6 is 0 Å². The molecule has 1 aliphatic rings. The Balaban J connectivity index is 1.92. The molecule has 0 bridgehead atoms. The molecule has 1 fully saturated rings. The third-order valence-electron chi connectivity index (χ3n) is 6.22. The Labute approximate surface area is 197 Å². The lowest BCUT2D eigenvalue weighted by atomic mass is 9.91. The number of halogens is 5. The first-order chi connectivity index (χ1) is 16.3. The summed E-state index contributed by atoms with van der Waals surface area (Å²) >= 11 is 0. The molecule has 2 N–H and O–H groups in total. The quantitative estimate of drug-likeness (QED) is 0.321. The number of hydrogen-bond acceptors (Lipinski definition) is 5. The van der Waals surface area contributed by atoms with Gasteiger partial charge >= 0.3 is 6.18 Å². The fourth-order valence-corrected chi connectivity index (χ4v) is 4.43. The molecule has 3 aromatic rings. The predicted octanol–water partition coefficient (Wildman–Crippen LogP) is 4.79. The van der Waals surface area contributed by atoms with Gasteiger partial charge in [0.2, 0.25) is 0 Å². The number of nitrogens with zero attached hydrogens (tertiary/aromatic N) is 4. The number of nitrogen functional groups attached to an aromatic ring is 1. The van der Waals surface area contributed by atoms with Crippen LogP contribution in [0.25, 0.3) is 10.9 Å². The number of piperidine rings is 1. The number of pyridine rings is 1. The molecule has 186 valence electrons. The number of anilines is 2. The summed E-state index contributed by atoms with van der Waals surface area (Å²) in [7, 11) is 1.53. The first kappa shape index (κ1) is 24.6. The van der Waals surface area contributed by atoms with Crippen molar-refractivity contribution in [2.45, 2.75) is 37.8 Å². The lowest BCUT2D eigenvalue weighted by molar-refractivity contribution is -0.137.